The number of halogens is 4. The number of aryl methyl sites for hydroxylation is 3. The monoisotopic (exact) mass is 1850 g/mol. The van der Waals surface area contributed by atoms with Crippen molar-refractivity contribution in [1.82, 2.24) is 0 Å². The third-order valence-corrected chi connectivity index (χ3v) is 20.5. The van der Waals surface area contributed by atoms with E-state index in [0.717, 1.165) is 16.7 Å². The number of esters is 3. The molecule has 0 unspecified atom stereocenters. The van der Waals surface area contributed by atoms with E-state index in [-0.39, 0.29) is 88.1 Å². The lowest BCUT2D eigenvalue weighted by molar-refractivity contribution is -0.134. The van der Waals surface area contributed by atoms with Crippen LogP contribution in [-0.2, 0) is 67.3 Å². The minimum Gasteiger partial charge on any atom is -0.506 e. The molecule has 9 aromatic carbocycles. The van der Waals surface area contributed by atoms with E-state index >= 15 is 0 Å². The van der Waals surface area contributed by atoms with Gasteiger partial charge in [0.2, 0.25) is 0 Å². The lowest BCUT2D eigenvalue weighted by atomic mass is 9.97. The van der Waals surface area contributed by atoms with Crippen LogP contribution in [-0.4, -0.2) is 67.9 Å². The highest BCUT2D eigenvalue weighted by atomic mass is 127. The second-order valence-corrected chi connectivity index (χ2v) is 30.4. The van der Waals surface area contributed by atoms with E-state index < -0.39 is 17.9 Å². The number of benzene rings is 9. The van der Waals surface area contributed by atoms with Crippen LogP contribution in [0.1, 0.15) is 160 Å². The molecule has 24 heteroatoms. The maximum Gasteiger partial charge on any atom is 0.315 e. The molecule has 0 spiro atoms. The number of unbranched alkanes of at least 4 members (excludes halogenated alkanes) is 3. The first kappa shape index (κ1) is 82.9. The quantitative estimate of drug-likeness (QED) is 0.00531. The van der Waals surface area contributed by atoms with Gasteiger partial charge in [-0.1, -0.05) is 91.0 Å². The van der Waals surface area contributed by atoms with Crippen LogP contribution in [0.4, 0.5) is 11.4 Å². The van der Waals surface area contributed by atoms with Gasteiger partial charge in [0.25, 0.3) is 0 Å². The topological polar surface area (TPSA) is 333 Å². The van der Waals surface area contributed by atoms with Crippen molar-refractivity contribution in [3.63, 3.8) is 0 Å². The van der Waals surface area contributed by atoms with Gasteiger partial charge in [0.05, 0.1) is 63.4 Å². The Balaban J connectivity index is 0.000000177. The number of hydrogen-bond donors (Lipinski definition) is 5. The summed E-state index contributed by atoms with van der Waals surface area (Å²) in [5.74, 6) is 0.521. The van der Waals surface area contributed by atoms with Crippen molar-refractivity contribution >= 4 is 174 Å². The molecule has 0 aliphatic carbocycles. The number of Topliss-reactive ketones (excluding diaryl/α,β-unsaturated/α-hetero) is 3. The van der Waals surface area contributed by atoms with Crippen molar-refractivity contribution in [3.8, 4) is 34.5 Å². The fourth-order valence-electron chi connectivity index (χ4n) is 12.3. The van der Waals surface area contributed by atoms with Crippen LogP contribution >= 0.6 is 77.0 Å². The first-order valence-corrected chi connectivity index (χ1v) is 39.2. The summed E-state index contributed by atoms with van der Waals surface area (Å²) in [5, 5.41) is 31.9. The third-order valence-electron chi connectivity index (χ3n) is 17.7. The maximum atomic E-state index is 13.7. The van der Waals surface area contributed by atoms with Gasteiger partial charge in [0.15, 0.2) is 23.1 Å². The van der Waals surface area contributed by atoms with E-state index in [4.69, 9.17) is 38.9 Å². The first-order chi connectivity index (χ1) is 53.2. The Bertz CT molecular complexity index is 4890. The van der Waals surface area contributed by atoms with E-state index in [1.54, 1.807) is 92.7 Å². The summed E-state index contributed by atoms with van der Waals surface area (Å²) >= 11 is 10.6. The lowest BCUT2D eigenvalue weighted by Gasteiger charge is -2.08. The van der Waals surface area contributed by atoms with Crippen LogP contribution in [0.5, 0.6) is 34.5 Å². The number of furan rings is 3. The summed E-state index contributed by atoms with van der Waals surface area (Å²) in [6.45, 7) is 4.65. The van der Waals surface area contributed by atoms with Crippen LogP contribution in [0, 0.1) is 7.14 Å². The van der Waals surface area contributed by atoms with Crippen molar-refractivity contribution in [2.45, 2.75) is 117 Å². The van der Waals surface area contributed by atoms with E-state index in [1.807, 2.05) is 136 Å². The van der Waals surface area contributed by atoms with E-state index in [0.29, 0.717) is 188 Å². The highest BCUT2D eigenvalue weighted by Gasteiger charge is 2.29. The number of phenolic OH excluding ortho intramolecular Hbond substituents is 3. The smallest absolute Gasteiger partial charge is 0.315 e. The Hall–Kier alpha value is -10.6. The minimum absolute atomic E-state index is 0.0000170. The molecule has 12 aromatic rings. The highest BCUT2D eigenvalue weighted by Crippen LogP contribution is 2.40. The third kappa shape index (κ3) is 22.4. The van der Waals surface area contributed by atoms with Crippen LogP contribution in [0.15, 0.2) is 204 Å². The number of nitrogens with two attached hydrogens (primary N) is 2. The fourth-order valence-corrected chi connectivity index (χ4v) is 15.2. The van der Waals surface area contributed by atoms with Gasteiger partial charge in [-0.3, -0.25) is 28.8 Å². The molecular formula is C87H76Br2I2N2O18. The van der Waals surface area contributed by atoms with Crippen LogP contribution in [0.25, 0.3) is 32.9 Å². The van der Waals surface area contributed by atoms with Gasteiger partial charge in [-0.25, -0.2) is 0 Å². The molecule has 0 radical (unpaired) electrons. The predicted octanol–water partition coefficient (Wildman–Crippen LogP) is 19.4. The number of anilines is 2. The van der Waals surface area contributed by atoms with E-state index in [1.165, 1.54) is 19.1 Å². The fraction of sp³-hybridized carbons (Fsp3) is 0.207. The van der Waals surface area contributed by atoms with Crippen molar-refractivity contribution in [3.05, 3.63) is 265 Å². The molecule has 0 aliphatic heterocycles. The van der Waals surface area contributed by atoms with E-state index in [9.17, 15) is 58.5 Å². The molecule has 3 aromatic heterocycles. The zero-order chi connectivity index (χ0) is 79.6. The van der Waals surface area contributed by atoms with E-state index in [2.05, 4.69) is 31.9 Å². The van der Waals surface area contributed by atoms with Crippen molar-refractivity contribution in [1.29, 1.82) is 0 Å². The van der Waals surface area contributed by atoms with Gasteiger partial charge >= 0.3 is 17.9 Å². The van der Waals surface area contributed by atoms with Gasteiger partial charge in [-0.15, -0.1) is 0 Å². The molecule has 7 N–H and O–H groups in total. The number of phenols is 3. The van der Waals surface area contributed by atoms with Crippen LogP contribution < -0.4 is 25.7 Å². The Morgan fingerprint density at radius 1 is 0.369 bits per heavy atom. The second-order valence-electron chi connectivity index (χ2n) is 26.4. The lowest BCUT2D eigenvalue weighted by Crippen LogP contribution is -2.11. The SMILES string of the molecule is CC(=O)CCCCc1oc2cc(OC(=O)Cc3ccccc3)ccc2c1C(=O)c1cc(Br)c(O)c(Br)c1.CC(=O)CCCCc1oc2cc(OC(=O)Cc3ccccc3)ccc2c1C(=O)c1cc(I)c(O)c(I)c1.CC(=O)CCCCc1oc2cc(OC(=O)Cc3ccccc3)ccc2c1C(=O)c1cc(N)c(O)c(N)c1. The Morgan fingerprint density at radius 2 is 0.658 bits per heavy atom. The van der Waals surface area contributed by atoms with Gasteiger partial charge in [-0.2, -0.15) is 0 Å². The summed E-state index contributed by atoms with van der Waals surface area (Å²) in [5.41, 5.74) is 17.6. The Labute approximate surface area is 682 Å². The summed E-state index contributed by atoms with van der Waals surface area (Å²) in [6, 6.07) is 51.9. The van der Waals surface area contributed by atoms with Crippen molar-refractivity contribution < 1.29 is 85.9 Å². The molecule has 0 bridgehead atoms. The summed E-state index contributed by atoms with van der Waals surface area (Å²) in [4.78, 5) is 112. The van der Waals surface area contributed by atoms with Gasteiger partial charge in [0, 0.05) is 89.6 Å². The number of aromatic hydroxyl groups is 3. The average Bonchev–Trinajstić information content (AvgIpc) is 1.64. The Kier molecular flexibility index (Phi) is 29.1. The number of rotatable bonds is 30. The molecular weight excluding hydrogens is 1770 g/mol. The summed E-state index contributed by atoms with van der Waals surface area (Å²) in [6.07, 6.45) is 7.15. The number of hydrogen-bond acceptors (Lipinski definition) is 20. The standard InChI is InChI=1S/C29H24Br2O6.C29H24I2O6.C29H28N2O6/c3*1-17(32)7-5-6-10-24-27(28(34)19-14-22(30)29(35)23(31)15-19)21-12-11-20(16-25(21)37-24)36-26(33)13-18-8-3-2-4-9-18/h2*2-4,8-9,11-12,14-16,35H,5-7,10,13H2,1H3;2-4,8-9,11-12,14-16,35H,5-7,10,13,30-31H2,1H3. The molecule has 0 fully saturated rings. The molecule has 0 aliphatic rings. The predicted molar refractivity (Wildman–Crippen MR) is 445 cm³/mol. The van der Waals surface area contributed by atoms with Gasteiger partial charge in [0.1, 0.15) is 80.1 Å². The number of carbonyl (C=O) groups is 9. The molecule has 12 rings (SSSR count). The molecule has 0 saturated carbocycles. The molecule has 111 heavy (non-hydrogen) atoms. The molecule has 570 valence electrons. The van der Waals surface area contributed by atoms with Gasteiger partial charge in [-0.05, 0) is 226 Å². The number of ketones is 6. The molecule has 0 atom stereocenters. The van der Waals surface area contributed by atoms with Crippen molar-refractivity contribution in [2.75, 3.05) is 11.5 Å². The summed E-state index contributed by atoms with van der Waals surface area (Å²) in [7, 11) is 0. The number of nitrogen functional groups attached to an aromatic ring is 2. The number of ether oxygens (including phenoxy) is 3. The second kappa shape index (κ2) is 38.9. The number of carbonyl (C=O) groups excluding carboxylic acids is 9. The maximum absolute atomic E-state index is 13.7. The zero-order valence-corrected chi connectivity index (χ0v) is 68.0. The summed E-state index contributed by atoms with van der Waals surface area (Å²) < 4.78 is 36.8. The highest BCUT2D eigenvalue weighted by molar-refractivity contribution is 14.1. The Morgan fingerprint density at radius 3 is 0.955 bits per heavy atom. The number of fused-ring (bicyclic) bond motifs is 3. The van der Waals surface area contributed by atoms with Crippen LogP contribution in [0.2, 0.25) is 0 Å². The largest absolute Gasteiger partial charge is 0.506 e. The molecule has 0 amide bonds. The first-order valence-electron chi connectivity index (χ1n) is 35.4. The zero-order valence-electron chi connectivity index (χ0n) is 60.6. The average molecular weight is 1850 g/mol. The van der Waals surface area contributed by atoms with Crippen LogP contribution in [0.3, 0.4) is 0 Å². The molecule has 0 saturated heterocycles. The molecule has 20 nitrogen and oxygen atoms in total. The minimum atomic E-state index is -0.423. The van der Waals surface area contributed by atoms with Crippen molar-refractivity contribution in [2.24, 2.45) is 0 Å². The normalized spacial score (nSPS) is 11.0. The van der Waals surface area contributed by atoms with Gasteiger partial charge < -0.3 is 68.6 Å². The molecule has 3 heterocycles.